The van der Waals surface area contributed by atoms with Crippen LogP contribution in [-0.2, 0) is 9.53 Å². The second-order valence-electron chi connectivity index (χ2n) is 8.23. The monoisotopic (exact) mass is 489 g/mol. The number of aromatic hydroxyl groups is 1. The van der Waals surface area contributed by atoms with Crippen LogP contribution in [0.5, 0.6) is 17.2 Å². The lowest BCUT2D eigenvalue weighted by molar-refractivity contribution is -0.149. The number of carbonyl (C=O) groups is 3. The number of esters is 1. The minimum absolute atomic E-state index is 0.0759. The summed E-state index contributed by atoms with van der Waals surface area (Å²) in [6, 6.07) is 7.95. The normalized spacial score (nSPS) is 18.3. The van der Waals surface area contributed by atoms with Crippen molar-refractivity contribution < 1.29 is 33.7 Å². The van der Waals surface area contributed by atoms with Crippen molar-refractivity contribution in [3.63, 3.8) is 0 Å². The highest BCUT2D eigenvalue weighted by atomic mass is 35.5. The maximum Gasteiger partial charge on any atom is 0.302 e. The molecule has 2 aromatic carbocycles. The Morgan fingerprint density at radius 1 is 1.12 bits per heavy atom. The van der Waals surface area contributed by atoms with Gasteiger partial charge in [0.15, 0.2) is 11.6 Å². The summed E-state index contributed by atoms with van der Waals surface area (Å²) < 4.78 is 16.4. The molecule has 9 heteroatoms. The highest BCUT2D eigenvalue weighted by Gasteiger charge is 2.37. The van der Waals surface area contributed by atoms with Gasteiger partial charge in [-0.05, 0) is 32.1 Å². The maximum atomic E-state index is 13.2. The van der Waals surface area contributed by atoms with Crippen molar-refractivity contribution in [1.29, 1.82) is 0 Å². The Kier molecular flexibility index (Phi) is 8.17. The molecule has 0 bridgehead atoms. The van der Waals surface area contributed by atoms with E-state index in [1.807, 2.05) is 11.9 Å². The molecule has 8 nitrogen and oxygen atoms in total. The molecule has 1 fully saturated rings. The molecule has 1 aliphatic heterocycles. The molecule has 182 valence electrons. The molecule has 2 aromatic rings. The Bertz CT molecular complexity index is 1100. The molecule has 1 N–H and O–H groups in total. The third-order valence-electron chi connectivity index (χ3n) is 5.93. The van der Waals surface area contributed by atoms with Gasteiger partial charge in [0.2, 0.25) is 0 Å². The van der Waals surface area contributed by atoms with Gasteiger partial charge in [-0.2, -0.15) is 0 Å². The maximum absolute atomic E-state index is 13.2. The molecule has 0 saturated carbocycles. The average molecular weight is 490 g/mol. The van der Waals surface area contributed by atoms with Crippen LogP contribution in [0.2, 0.25) is 5.02 Å². The summed E-state index contributed by atoms with van der Waals surface area (Å²) in [6.45, 7) is 2.46. The van der Waals surface area contributed by atoms with E-state index in [0.717, 1.165) is 0 Å². The Labute approximate surface area is 203 Å². The van der Waals surface area contributed by atoms with E-state index in [1.165, 1.54) is 33.3 Å². The first kappa shape index (κ1) is 25.5. The summed E-state index contributed by atoms with van der Waals surface area (Å²) in [5.41, 5.74) is 0.436. The van der Waals surface area contributed by atoms with Crippen LogP contribution in [0, 0.1) is 0 Å². The zero-order chi connectivity index (χ0) is 25.0. The molecular weight excluding hydrogens is 462 g/mol. The van der Waals surface area contributed by atoms with Crippen molar-refractivity contribution in [2.75, 3.05) is 34.4 Å². The molecule has 34 heavy (non-hydrogen) atoms. The van der Waals surface area contributed by atoms with Crippen molar-refractivity contribution in [2.45, 2.75) is 31.8 Å². The van der Waals surface area contributed by atoms with Gasteiger partial charge in [-0.15, -0.1) is 0 Å². The van der Waals surface area contributed by atoms with Crippen LogP contribution in [0.15, 0.2) is 30.3 Å². The highest BCUT2D eigenvalue weighted by Crippen LogP contribution is 2.46. The molecule has 1 saturated heterocycles. The van der Waals surface area contributed by atoms with Crippen LogP contribution < -0.4 is 9.47 Å². The van der Waals surface area contributed by atoms with E-state index < -0.39 is 36.0 Å². The van der Waals surface area contributed by atoms with E-state index in [2.05, 4.69) is 0 Å². The zero-order valence-electron chi connectivity index (χ0n) is 19.6. The number of piperidine rings is 1. The van der Waals surface area contributed by atoms with Crippen LogP contribution in [0.1, 0.15) is 52.0 Å². The second kappa shape index (κ2) is 10.9. The number of phenolic OH excluding ortho intramolecular Hbond substituents is 1. The predicted octanol–water partition coefficient (Wildman–Crippen LogP) is 3.87. The summed E-state index contributed by atoms with van der Waals surface area (Å²) in [4.78, 5) is 39.8. The smallest absolute Gasteiger partial charge is 0.302 e. The summed E-state index contributed by atoms with van der Waals surface area (Å²) in [5.74, 6) is -1.95. The molecule has 1 aliphatic rings. The fourth-order valence-electron chi connectivity index (χ4n) is 4.35. The van der Waals surface area contributed by atoms with Crippen LogP contribution >= 0.6 is 11.6 Å². The van der Waals surface area contributed by atoms with E-state index in [9.17, 15) is 19.5 Å². The second-order valence-corrected chi connectivity index (χ2v) is 8.63. The van der Waals surface area contributed by atoms with Crippen LogP contribution in [-0.4, -0.2) is 68.0 Å². The molecule has 0 aliphatic carbocycles. The van der Waals surface area contributed by atoms with E-state index in [4.69, 9.17) is 25.8 Å². The molecule has 3 rings (SSSR count). The molecule has 0 aromatic heterocycles. The van der Waals surface area contributed by atoms with Gasteiger partial charge in [0.1, 0.15) is 28.9 Å². The van der Waals surface area contributed by atoms with Gasteiger partial charge in [0, 0.05) is 36.6 Å². The molecule has 0 unspecified atom stereocenters. The Morgan fingerprint density at radius 3 is 2.41 bits per heavy atom. The van der Waals surface area contributed by atoms with Crippen molar-refractivity contribution in [1.82, 2.24) is 4.90 Å². The van der Waals surface area contributed by atoms with Gasteiger partial charge in [0.25, 0.3) is 0 Å². The van der Waals surface area contributed by atoms with Crippen molar-refractivity contribution in [3.05, 3.63) is 52.0 Å². The quantitative estimate of drug-likeness (QED) is 0.338. The standard InChI is InChI=1S/C25H28ClNO7/c1-14(28)34-22-13-27(2)10-9-16(22)23-20(32-3)12-21(33-4)24(25(23)31)19(30)11-18(29)15-7-5-6-8-17(15)26/h5-8,12,16,22,31H,9-11,13H2,1-4H3/t16-,22+/m1/s1. The fourth-order valence-corrected chi connectivity index (χ4v) is 4.59. The zero-order valence-corrected chi connectivity index (χ0v) is 20.3. The van der Waals surface area contributed by atoms with Crippen LogP contribution in [0.4, 0.5) is 0 Å². The number of likely N-dealkylation sites (N-methyl/N-ethyl adjacent to an activating group) is 1. The Morgan fingerprint density at radius 2 is 1.79 bits per heavy atom. The number of benzene rings is 2. The number of phenols is 1. The minimum atomic E-state index is -0.625. The van der Waals surface area contributed by atoms with Gasteiger partial charge in [-0.25, -0.2) is 0 Å². The lowest BCUT2D eigenvalue weighted by Gasteiger charge is -2.37. The summed E-state index contributed by atoms with van der Waals surface area (Å²) in [5, 5.41) is 11.6. The van der Waals surface area contributed by atoms with Crippen molar-refractivity contribution >= 4 is 29.1 Å². The number of ketones is 2. The highest BCUT2D eigenvalue weighted by molar-refractivity contribution is 6.34. The molecule has 0 radical (unpaired) electrons. The number of Topliss-reactive ketones (excluding diaryl/α,β-unsaturated/α-hetero) is 2. The van der Waals surface area contributed by atoms with E-state index in [1.54, 1.807) is 18.2 Å². The number of hydrogen-bond acceptors (Lipinski definition) is 8. The van der Waals surface area contributed by atoms with Crippen LogP contribution in [0.3, 0.4) is 0 Å². The number of halogens is 1. The van der Waals surface area contributed by atoms with Crippen molar-refractivity contribution in [2.24, 2.45) is 0 Å². The molecule has 0 spiro atoms. The molecule has 2 atom stereocenters. The topological polar surface area (TPSA) is 102 Å². The number of ether oxygens (including phenoxy) is 3. The van der Waals surface area contributed by atoms with E-state index in [-0.39, 0.29) is 27.6 Å². The van der Waals surface area contributed by atoms with E-state index in [0.29, 0.717) is 30.8 Å². The third kappa shape index (κ3) is 5.34. The summed E-state index contributed by atoms with van der Waals surface area (Å²) in [6.07, 6.45) is -0.519. The van der Waals surface area contributed by atoms with Gasteiger partial charge in [0.05, 0.1) is 25.7 Å². The predicted molar refractivity (Wildman–Crippen MR) is 126 cm³/mol. The number of nitrogens with zero attached hydrogens (tertiary/aromatic N) is 1. The first-order valence-electron chi connectivity index (χ1n) is 10.8. The van der Waals surface area contributed by atoms with E-state index >= 15 is 0 Å². The Hall–Kier alpha value is -3.10. The lowest BCUT2D eigenvalue weighted by Crippen LogP contribution is -2.43. The molecule has 1 heterocycles. The fraction of sp³-hybridized carbons (Fsp3) is 0.400. The minimum Gasteiger partial charge on any atom is -0.507 e. The largest absolute Gasteiger partial charge is 0.507 e. The molecular formula is C25H28ClNO7. The van der Waals surface area contributed by atoms with Gasteiger partial charge < -0.3 is 24.2 Å². The SMILES string of the molecule is COc1cc(OC)c([C@@H]2CCN(C)C[C@@H]2OC(C)=O)c(O)c1C(=O)CC(=O)c1ccccc1Cl. The van der Waals surface area contributed by atoms with Gasteiger partial charge in [-0.3, -0.25) is 14.4 Å². The first-order valence-corrected chi connectivity index (χ1v) is 11.2. The van der Waals surface area contributed by atoms with Crippen molar-refractivity contribution in [3.8, 4) is 17.2 Å². The summed E-state index contributed by atoms with van der Waals surface area (Å²) in [7, 11) is 4.71. The van der Waals surface area contributed by atoms with Gasteiger partial charge in [-0.1, -0.05) is 23.7 Å². The van der Waals surface area contributed by atoms with Crippen LogP contribution in [0.25, 0.3) is 0 Å². The number of likely N-dealkylation sites (tertiary alicyclic amines) is 1. The van der Waals surface area contributed by atoms with Gasteiger partial charge >= 0.3 is 5.97 Å². The molecule has 0 amide bonds. The summed E-state index contributed by atoms with van der Waals surface area (Å²) >= 11 is 6.11. The number of methoxy groups -OCH3 is 2. The third-order valence-corrected chi connectivity index (χ3v) is 6.26. The Balaban J connectivity index is 2.05. The lowest BCUT2D eigenvalue weighted by atomic mass is 9.83. The first-order chi connectivity index (χ1) is 16.2. The number of hydrogen-bond donors (Lipinski definition) is 1. The number of carbonyl (C=O) groups excluding carboxylic acids is 3. The number of rotatable bonds is 8. The average Bonchev–Trinajstić information content (AvgIpc) is 2.78.